The molecule has 14 heavy (non-hydrogen) atoms. The maximum Gasteiger partial charge on any atom is 0.299 e. The molecule has 0 atom stereocenters. The third-order valence-electron chi connectivity index (χ3n) is 2.12. The first-order valence-corrected chi connectivity index (χ1v) is 4.27. The molecule has 3 nitrogen and oxygen atoms in total. The van der Waals surface area contributed by atoms with Crippen LogP contribution < -0.4 is 4.74 Å². The third-order valence-corrected chi connectivity index (χ3v) is 2.12. The van der Waals surface area contributed by atoms with Gasteiger partial charge >= 0.3 is 0 Å². The van der Waals surface area contributed by atoms with Crippen molar-refractivity contribution in [2.24, 2.45) is 0 Å². The number of fused-ring (bicyclic) bond motifs is 1. The van der Waals surface area contributed by atoms with Gasteiger partial charge in [-0.25, -0.2) is 4.98 Å². The van der Waals surface area contributed by atoms with Gasteiger partial charge in [-0.1, -0.05) is 18.2 Å². The minimum atomic E-state index is 0.362. The lowest BCUT2D eigenvalue weighted by Crippen LogP contribution is -1.93. The third kappa shape index (κ3) is 1.33. The van der Waals surface area contributed by atoms with E-state index in [1.807, 2.05) is 31.2 Å². The van der Waals surface area contributed by atoms with Crippen LogP contribution in [0.25, 0.3) is 10.8 Å². The molecule has 0 aliphatic rings. The number of carbonyl (C=O) groups is 1. The Morgan fingerprint density at radius 1 is 1.29 bits per heavy atom. The number of pyridine rings is 1. The lowest BCUT2D eigenvalue weighted by molar-refractivity contribution is -0.120. The molecule has 0 aliphatic heterocycles. The van der Waals surface area contributed by atoms with Crippen LogP contribution in [-0.2, 0) is 4.79 Å². The lowest BCUT2D eigenvalue weighted by atomic mass is 10.1. The molecular weight excluding hydrogens is 178 g/mol. The van der Waals surface area contributed by atoms with Gasteiger partial charge in [0, 0.05) is 11.6 Å². The van der Waals surface area contributed by atoms with E-state index in [4.69, 9.17) is 4.74 Å². The van der Waals surface area contributed by atoms with E-state index in [-0.39, 0.29) is 0 Å². The zero-order valence-electron chi connectivity index (χ0n) is 7.73. The van der Waals surface area contributed by atoms with Gasteiger partial charge < -0.3 is 4.74 Å². The number of benzene rings is 1. The van der Waals surface area contributed by atoms with Crippen LogP contribution in [0.2, 0.25) is 0 Å². The summed E-state index contributed by atoms with van der Waals surface area (Å²) in [6, 6.07) is 7.69. The fourth-order valence-corrected chi connectivity index (χ4v) is 1.45. The highest BCUT2D eigenvalue weighted by atomic mass is 16.5. The zero-order chi connectivity index (χ0) is 9.97. The van der Waals surface area contributed by atoms with Crippen molar-refractivity contribution in [2.45, 2.75) is 6.92 Å². The SMILES string of the molecule is Cc1cnc(OC=O)c2ccccc12. The summed E-state index contributed by atoms with van der Waals surface area (Å²) >= 11 is 0. The monoisotopic (exact) mass is 187 g/mol. The quantitative estimate of drug-likeness (QED) is 0.675. The van der Waals surface area contributed by atoms with E-state index in [0.717, 1.165) is 16.3 Å². The van der Waals surface area contributed by atoms with Gasteiger partial charge in [-0.3, -0.25) is 4.79 Å². The number of aryl methyl sites for hydroxylation is 1. The first-order chi connectivity index (χ1) is 6.83. The van der Waals surface area contributed by atoms with E-state index in [1.54, 1.807) is 6.20 Å². The first kappa shape index (κ1) is 8.69. The van der Waals surface area contributed by atoms with Crippen molar-refractivity contribution >= 4 is 17.2 Å². The van der Waals surface area contributed by atoms with Gasteiger partial charge in [-0.05, 0) is 23.9 Å². The molecular formula is C11H9NO2. The molecule has 1 aromatic carbocycles. The van der Waals surface area contributed by atoms with E-state index in [1.165, 1.54) is 0 Å². The predicted octanol–water partition coefficient (Wildman–Crippen LogP) is 2.08. The summed E-state index contributed by atoms with van der Waals surface area (Å²) in [5.41, 5.74) is 1.07. The number of nitrogens with zero attached hydrogens (tertiary/aromatic N) is 1. The topological polar surface area (TPSA) is 39.2 Å². The Hall–Kier alpha value is -1.90. The number of aromatic nitrogens is 1. The minimum Gasteiger partial charge on any atom is -0.409 e. The maximum absolute atomic E-state index is 10.2. The van der Waals surface area contributed by atoms with Gasteiger partial charge in [0.25, 0.3) is 6.47 Å². The Morgan fingerprint density at radius 2 is 2.00 bits per heavy atom. The molecule has 0 bridgehead atoms. The number of carbonyl (C=O) groups excluding carboxylic acids is 1. The van der Waals surface area contributed by atoms with E-state index >= 15 is 0 Å². The molecule has 0 N–H and O–H groups in total. The number of ether oxygens (including phenoxy) is 1. The lowest BCUT2D eigenvalue weighted by Gasteiger charge is -2.04. The Bertz CT molecular complexity index is 480. The highest BCUT2D eigenvalue weighted by Gasteiger charge is 2.04. The Kier molecular flexibility index (Phi) is 2.14. The molecule has 0 unspecified atom stereocenters. The molecule has 1 heterocycles. The van der Waals surface area contributed by atoms with Gasteiger partial charge in [-0.2, -0.15) is 0 Å². The summed E-state index contributed by atoms with van der Waals surface area (Å²) < 4.78 is 4.78. The average Bonchev–Trinajstić information content (AvgIpc) is 2.23. The van der Waals surface area contributed by atoms with Gasteiger partial charge in [0.05, 0.1) is 0 Å². The van der Waals surface area contributed by atoms with Gasteiger partial charge in [0.15, 0.2) is 0 Å². The average molecular weight is 187 g/mol. The summed E-state index contributed by atoms with van der Waals surface area (Å²) in [5.74, 6) is 0.362. The molecule has 1 aromatic heterocycles. The molecule has 0 aliphatic carbocycles. The minimum absolute atomic E-state index is 0.362. The fraction of sp³-hybridized carbons (Fsp3) is 0.0909. The molecule has 2 aromatic rings. The van der Waals surface area contributed by atoms with Crippen molar-refractivity contribution in [3.05, 3.63) is 36.0 Å². The van der Waals surface area contributed by atoms with Crippen LogP contribution in [0.5, 0.6) is 5.88 Å². The van der Waals surface area contributed by atoms with Crippen LogP contribution in [0.3, 0.4) is 0 Å². The predicted molar refractivity (Wildman–Crippen MR) is 53.2 cm³/mol. The van der Waals surface area contributed by atoms with Crippen molar-refractivity contribution in [3.63, 3.8) is 0 Å². The van der Waals surface area contributed by atoms with Crippen LogP contribution in [0.1, 0.15) is 5.56 Å². The second-order valence-electron chi connectivity index (χ2n) is 3.01. The van der Waals surface area contributed by atoms with E-state index in [9.17, 15) is 4.79 Å². The Balaban J connectivity index is 2.74. The van der Waals surface area contributed by atoms with Crippen LogP contribution in [0, 0.1) is 6.92 Å². The maximum atomic E-state index is 10.2. The van der Waals surface area contributed by atoms with E-state index in [0.29, 0.717) is 12.4 Å². The van der Waals surface area contributed by atoms with Gasteiger partial charge in [0.1, 0.15) is 0 Å². The van der Waals surface area contributed by atoms with E-state index in [2.05, 4.69) is 4.98 Å². The number of rotatable bonds is 2. The molecule has 0 fully saturated rings. The second kappa shape index (κ2) is 3.46. The van der Waals surface area contributed by atoms with Crippen molar-refractivity contribution in [3.8, 4) is 5.88 Å². The fourth-order valence-electron chi connectivity index (χ4n) is 1.45. The highest BCUT2D eigenvalue weighted by molar-refractivity contribution is 5.89. The van der Waals surface area contributed by atoms with Crippen molar-refractivity contribution in [2.75, 3.05) is 0 Å². The van der Waals surface area contributed by atoms with Crippen molar-refractivity contribution in [1.82, 2.24) is 4.98 Å². The largest absolute Gasteiger partial charge is 0.409 e. The summed E-state index contributed by atoms with van der Waals surface area (Å²) in [6.07, 6.45) is 1.70. The van der Waals surface area contributed by atoms with Crippen LogP contribution in [0.15, 0.2) is 30.5 Å². The smallest absolute Gasteiger partial charge is 0.299 e. The van der Waals surface area contributed by atoms with E-state index < -0.39 is 0 Å². The summed E-state index contributed by atoms with van der Waals surface area (Å²) in [4.78, 5) is 14.3. The van der Waals surface area contributed by atoms with Gasteiger partial charge in [0.2, 0.25) is 5.88 Å². The molecule has 0 spiro atoms. The van der Waals surface area contributed by atoms with Crippen molar-refractivity contribution < 1.29 is 9.53 Å². The normalized spacial score (nSPS) is 10.1. The molecule has 70 valence electrons. The Morgan fingerprint density at radius 3 is 2.71 bits per heavy atom. The van der Waals surface area contributed by atoms with Crippen molar-refractivity contribution in [1.29, 1.82) is 0 Å². The standard InChI is InChI=1S/C11H9NO2/c1-8-6-12-11(14-7-13)10-5-3-2-4-9(8)10/h2-7H,1H3. The molecule has 0 amide bonds. The Labute approximate surface area is 81.3 Å². The van der Waals surface area contributed by atoms with Crippen LogP contribution >= 0.6 is 0 Å². The summed E-state index contributed by atoms with van der Waals surface area (Å²) in [6.45, 7) is 2.37. The summed E-state index contributed by atoms with van der Waals surface area (Å²) in [7, 11) is 0. The number of hydrogen-bond acceptors (Lipinski definition) is 3. The molecule has 3 heteroatoms. The first-order valence-electron chi connectivity index (χ1n) is 4.27. The molecule has 0 saturated heterocycles. The molecule has 0 saturated carbocycles. The second-order valence-corrected chi connectivity index (χ2v) is 3.01. The van der Waals surface area contributed by atoms with Gasteiger partial charge in [-0.15, -0.1) is 0 Å². The van der Waals surface area contributed by atoms with Crippen LogP contribution in [0.4, 0.5) is 0 Å². The molecule has 2 rings (SSSR count). The summed E-state index contributed by atoms with van der Waals surface area (Å²) in [5, 5.41) is 1.92. The van der Waals surface area contributed by atoms with Crippen LogP contribution in [-0.4, -0.2) is 11.5 Å². The number of hydrogen-bond donors (Lipinski definition) is 0. The highest BCUT2D eigenvalue weighted by Crippen LogP contribution is 2.24. The molecule has 0 radical (unpaired) electrons. The zero-order valence-corrected chi connectivity index (χ0v) is 7.73.